The highest BCUT2D eigenvalue weighted by molar-refractivity contribution is 5.66. The lowest BCUT2D eigenvalue weighted by atomic mass is 9.46. The zero-order valence-corrected chi connectivity index (χ0v) is 19.6. The molecule has 0 heterocycles. The first-order valence-electron chi connectivity index (χ1n) is 12.0. The molecule has 4 aliphatic rings. The minimum Gasteiger partial charge on any atom is -0.462 e. The predicted octanol–water partition coefficient (Wildman–Crippen LogP) is 4.59. The van der Waals surface area contributed by atoms with E-state index in [0.717, 1.165) is 38.5 Å². The topological polar surface area (TPSA) is 72.8 Å². The summed E-state index contributed by atoms with van der Waals surface area (Å²) < 4.78 is 11.6. The van der Waals surface area contributed by atoms with Crippen LogP contribution in [0.1, 0.15) is 73.1 Å². The molecule has 0 aromatic carbocycles. The Hall–Kier alpha value is -1.62. The highest BCUT2D eigenvalue weighted by Crippen LogP contribution is 2.66. The number of esters is 2. The van der Waals surface area contributed by atoms with Crippen molar-refractivity contribution in [3.63, 3.8) is 0 Å². The number of rotatable bonds is 4. The molecule has 2 saturated carbocycles. The Morgan fingerprint density at radius 3 is 2.48 bits per heavy atom. The van der Waals surface area contributed by atoms with E-state index in [1.807, 2.05) is 0 Å². The van der Waals surface area contributed by atoms with Gasteiger partial charge in [0, 0.05) is 38.7 Å². The number of allylic oxidation sites excluding steroid dienone is 2. The van der Waals surface area contributed by atoms with Crippen LogP contribution in [0.2, 0.25) is 0 Å². The third kappa shape index (κ3) is 3.67. The highest BCUT2D eigenvalue weighted by Gasteiger charge is 2.61. The first-order valence-corrected chi connectivity index (χ1v) is 12.0. The molecule has 0 aromatic heterocycles. The molecule has 31 heavy (non-hydrogen) atoms. The van der Waals surface area contributed by atoms with Crippen LogP contribution in [0.15, 0.2) is 23.3 Å². The Morgan fingerprint density at radius 1 is 1.13 bits per heavy atom. The van der Waals surface area contributed by atoms with E-state index in [1.54, 1.807) is 0 Å². The molecule has 0 bridgehead atoms. The van der Waals surface area contributed by atoms with Crippen molar-refractivity contribution in [3.8, 4) is 0 Å². The largest absolute Gasteiger partial charge is 0.462 e. The van der Waals surface area contributed by atoms with Crippen molar-refractivity contribution in [3.05, 3.63) is 23.3 Å². The Balaban J connectivity index is 1.69. The fraction of sp³-hybridized carbons (Fsp3) is 0.769. The fourth-order valence-electron chi connectivity index (χ4n) is 7.85. The van der Waals surface area contributed by atoms with Crippen molar-refractivity contribution in [2.45, 2.75) is 85.4 Å². The molecule has 2 fully saturated rings. The number of ether oxygens (including phenoxy) is 2. The maximum atomic E-state index is 12.1. The van der Waals surface area contributed by atoms with Gasteiger partial charge in [-0.05, 0) is 54.8 Å². The van der Waals surface area contributed by atoms with Crippen LogP contribution in [0.4, 0.5) is 0 Å². The van der Waals surface area contributed by atoms with Gasteiger partial charge in [0.15, 0.2) is 0 Å². The van der Waals surface area contributed by atoms with Crippen molar-refractivity contribution in [2.24, 2.45) is 34.5 Å². The minimum atomic E-state index is -0.211. The van der Waals surface area contributed by atoms with E-state index < -0.39 is 0 Å². The average Bonchev–Trinajstić information content (AvgIpc) is 3.03. The molecule has 0 amide bonds. The van der Waals surface area contributed by atoms with Gasteiger partial charge in [-0.15, -0.1) is 0 Å². The number of hydrogen-bond donors (Lipinski definition) is 1. The molecule has 1 N–H and O–H groups in total. The van der Waals surface area contributed by atoms with Crippen molar-refractivity contribution in [1.29, 1.82) is 0 Å². The molecule has 4 rings (SSSR count). The van der Waals surface area contributed by atoms with Crippen molar-refractivity contribution < 1.29 is 24.2 Å². The van der Waals surface area contributed by atoms with E-state index in [9.17, 15) is 14.7 Å². The number of hydrogen-bond acceptors (Lipinski definition) is 5. The summed E-state index contributed by atoms with van der Waals surface area (Å²) in [7, 11) is 0. The van der Waals surface area contributed by atoms with Gasteiger partial charge >= 0.3 is 11.9 Å². The van der Waals surface area contributed by atoms with E-state index in [4.69, 9.17) is 9.47 Å². The van der Waals surface area contributed by atoms with E-state index in [1.165, 1.54) is 25.0 Å². The van der Waals surface area contributed by atoms with Crippen LogP contribution in [0.25, 0.3) is 0 Å². The quantitative estimate of drug-likeness (QED) is 0.522. The second kappa shape index (κ2) is 8.06. The summed E-state index contributed by atoms with van der Waals surface area (Å²) in [6.45, 7) is 9.93. The molecule has 0 spiro atoms. The zero-order valence-electron chi connectivity index (χ0n) is 19.6. The van der Waals surface area contributed by atoms with Crippen LogP contribution in [-0.4, -0.2) is 35.9 Å². The number of fused-ring (bicyclic) bond motifs is 5. The second-order valence-corrected chi connectivity index (χ2v) is 10.9. The van der Waals surface area contributed by atoms with Gasteiger partial charge in [-0.2, -0.15) is 0 Å². The summed E-state index contributed by atoms with van der Waals surface area (Å²) in [6, 6.07) is 0. The lowest BCUT2D eigenvalue weighted by Crippen LogP contribution is -2.57. The van der Waals surface area contributed by atoms with Crippen LogP contribution >= 0.6 is 0 Å². The zero-order chi connectivity index (χ0) is 22.6. The second-order valence-electron chi connectivity index (χ2n) is 10.9. The normalized spacial score (nSPS) is 42.3. The molecule has 5 nitrogen and oxygen atoms in total. The van der Waals surface area contributed by atoms with Crippen LogP contribution < -0.4 is 0 Å². The van der Waals surface area contributed by atoms with Crippen molar-refractivity contribution in [2.75, 3.05) is 6.61 Å². The van der Waals surface area contributed by atoms with Gasteiger partial charge in [0.25, 0.3) is 0 Å². The molecular weight excluding hydrogens is 392 g/mol. The van der Waals surface area contributed by atoms with Crippen LogP contribution in [-0.2, 0) is 19.1 Å². The van der Waals surface area contributed by atoms with E-state index in [-0.39, 0.29) is 53.4 Å². The lowest BCUT2D eigenvalue weighted by Gasteiger charge is -2.60. The molecule has 5 heteroatoms. The number of aliphatic hydroxyl groups is 1. The van der Waals surface area contributed by atoms with E-state index >= 15 is 0 Å². The molecule has 0 aliphatic heterocycles. The standard InChI is InChI=1S/C26H38O5/c1-15(14-27)21-8-9-22-20-7-6-18-12-19(30-16(2)28)10-11-25(18,4)24(20)23(31-17(3)29)13-26(21,22)5/h6,8,15,19-20,22-24,27H,7,9-14H2,1-5H3/t15-,19+,20+,22+,23-,24-,25+,26-/m1/s1. The Kier molecular flexibility index (Phi) is 5.87. The van der Waals surface area contributed by atoms with E-state index in [0.29, 0.717) is 11.8 Å². The molecule has 0 radical (unpaired) electrons. The molecule has 0 aromatic rings. The summed E-state index contributed by atoms with van der Waals surface area (Å²) in [6.07, 6.45) is 10.0. The van der Waals surface area contributed by atoms with Gasteiger partial charge in [0.05, 0.1) is 0 Å². The highest BCUT2D eigenvalue weighted by atomic mass is 16.5. The summed E-state index contributed by atoms with van der Waals surface area (Å²) in [5.74, 6) is 0.948. The smallest absolute Gasteiger partial charge is 0.302 e. The summed E-state index contributed by atoms with van der Waals surface area (Å²) in [5, 5.41) is 9.85. The third-order valence-corrected chi connectivity index (χ3v) is 9.07. The first kappa shape index (κ1) is 22.6. The van der Waals surface area contributed by atoms with Crippen LogP contribution in [0.5, 0.6) is 0 Å². The van der Waals surface area contributed by atoms with Crippen molar-refractivity contribution in [1.82, 2.24) is 0 Å². The average molecular weight is 431 g/mol. The third-order valence-electron chi connectivity index (χ3n) is 9.07. The first-order chi connectivity index (χ1) is 14.6. The SMILES string of the molecule is CC(=O)O[C@H]1CC[C@@]2(C)C(=CC[C@@H]3[C@@H]2[C@H](OC(C)=O)C[C@]2(C)C([C@H](C)CO)=CC[C@@H]32)C1. The summed E-state index contributed by atoms with van der Waals surface area (Å²) in [4.78, 5) is 23.6. The van der Waals surface area contributed by atoms with Gasteiger partial charge < -0.3 is 14.6 Å². The van der Waals surface area contributed by atoms with Gasteiger partial charge in [0.2, 0.25) is 0 Å². The predicted molar refractivity (Wildman–Crippen MR) is 118 cm³/mol. The Labute approximate surface area is 186 Å². The molecule has 0 unspecified atom stereocenters. The maximum Gasteiger partial charge on any atom is 0.302 e. The van der Waals surface area contributed by atoms with Gasteiger partial charge in [-0.25, -0.2) is 0 Å². The number of aliphatic hydroxyl groups excluding tert-OH is 1. The maximum absolute atomic E-state index is 12.1. The summed E-state index contributed by atoms with van der Waals surface area (Å²) in [5.41, 5.74) is 2.64. The fourth-order valence-corrected chi connectivity index (χ4v) is 7.85. The van der Waals surface area contributed by atoms with Crippen LogP contribution in [0, 0.1) is 34.5 Å². The number of carbonyl (C=O) groups is 2. The molecule has 0 saturated heterocycles. The van der Waals surface area contributed by atoms with Gasteiger partial charge in [-0.1, -0.05) is 44.1 Å². The molecule has 8 atom stereocenters. The Morgan fingerprint density at radius 2 is 1.84 bits per heavy atom. The molecule has 172 valence electrons. The van der Waals surface area contributed by atoms with Gasteiger partial charge in [-0.3, -0.25) is 9.59 Å². The lowest BCUT2D eigenvalue weighted by molar-refractivity contribution is -0.171. The molecule has 4 aliphatic carbocycles. The Bertz CT molecular complexity index is 813. The molecular formula is C26H38O5. The van der Waals surface area contributed by atoms with Crippen molar-refractivity contribution >= 4 is 11.9 Å². The summed E-state index contributed by atoms with van der Waals surface area (Å²) >= 11 is 0. The monoisotopic (exact) mass is 430 g/mol. The number of carbonyl (C=O) groups excluding carboxylic acids is 2. The minimum absolute atomic E-state index is 0.0354. The van der Waals surface area contributed by atoms with E-state index in [2.05, 4.69) is 32.9 Å². The van der Waals surface area contributed by atoms with Crippen LogP contribution in [0.3, 0.4) is 0 Å². The van der Waals surface area contributed by atoms with Gasteiger partial charge in [0.1, 0.15) is 12.2 Å².